The van der Waals surface area contributed by atoms with Crippen LogP contribution in [0.25, 0.3) is 10.8 Å². The molecule has 1 heterocycles. The molecule has 0 aliphatic carbocycles. The smallest absolute Gasteiger partial charge is 0.344 e. The zero-order chi connectivity index (χ0) is 20.8. The Morgan fingerprint density at radius 2 is 1.83 bits per heavy atom. The van der Waals surface area contributed by atoms with E-state index in [1.54, 1.807) is 27.1 Å². The summed E-state index contributed by atoms with van der Waals surface area (Å²) >= 11 is 0. The molecule has 0 aliphatic rings. The molecule has 8 heteroatoms. The van der Waals surface area contributed by atoms with Crippen LogP contribution in [0.1, 0.15) is 11.3 Å². The van der Waals surface area contributed by atoms with Crippen LogP contribution in [0, 0.1) is 6.92 Å². The minimum atomic E-state index is -0.660. The summed E-state index contributed by atoms with van der Waals surface area (Å²) < 4.78 is 20.1. The van der Waals surface area contributed by atoms with Crippen molar-refractivity contribution in [2.75, 3.05) is 27.4 Å². The van der Waals surface area contributed by atoms with E-state index < -0.39 is 5.97 Å². The van der Waals surface area contributed by atoms with Crippen LogP contribution >= 0.6 is 0 Å². The molecule has 0 unspecified atom stereocenters. The predicted octanol–water partition coefficient (Wildman–Crippen LogP) is 2.73. The van der Waals surface area contributed by atoms with Gasteiger partial charge in [0.25, 0.3) is 11.8 Å². The van der Waals surface area contributed by atoms with Gasteiger partial charge < -0.3 is 23.6 Å². The van der Waals surface area contributed by atoms with Gasteiger partial charge in [0.1, 0.15) is 11.5 Å². The lowest BCUT2D eigenvalue weighted by atomic mass is 10.1. The number of hydrogen-bond donors (Lipinski definition) is 0. The summed E-state index contributed by atoms with van der Waals surface area (Å²) in [6.45, 7) is 1.39. The third kappa shape index (κ3) is 5.47. The second-order valence-electron chi connectivity index (χ2n) is 6.52. The molecule has 0 saturated carbocycles. The fraction of sp³-hybridized carbons (Fsp3) is 0.286. The molecule has 0 N–H and O–H groups in total. The maximum atomic E-state index is 12.2. The van der Waals surface area contributed by atoms with Crippen LogP contribution in [-0.2, 0) is 20.9 Å². The molecule has 0 saturated heterocycles. The Morgan fingerprint density at radius 1 is 1.07 bits per heavy atom. The number of carbonyl (C=O) groups is 2. The number of likely N-dealkylation sites (N-methyl/N-ethyl adjacent to an activating group) is 1. The zero-order valence-electron chi connectivity index (χ0n) is 16.5. The van der Waals surface area contributed by atoms with Crippen molar-refractivity contribution >= 4 is 22.6 Å². The highest BCUT2D eigenvalue weighted by Crippen LogP contribution is 2.22. The Balaban J connectivity index is 1.48. The first kappa shape index (κ1) is 20.2. The summed E-state index contributed by atoms with van der Waals surface area (Å²) in [4.78, 5) is 25.5. The van der Waals surface area contributed by atoms with Crippen LogP contribution in [0.15, 0.2) is 47.0 Å². The number of amides is 1. The second kappa shape index (κ2) is 9.09. The van der Waals surface area contributed by atoms with E-state index in [2.05, 4.69) is 5.16 Å². The summed E-state index contributed by atoms with van der Waals surface area (Å²) in [5.41, 5.74) is 0.967. The van der Waals surface area contributed by atoms with Crippen molar-refractivity contribution in [3.63, 3.8) is 0 Å². The molecule has 3 aromatic rings. The number of aromatic nitrogens is 1. The van der Waals surface area contributed by atoms with Crippen LogP contribution in [-0.4, -0.2) is 49.3 Å². The quantitative estimate of drug-likeness (QED) is 0.539. The maximum absolute atomic E-state index is 12.2. The highest BCUT2D eigenvalue weighted by molar-refractivity contribution is 5.85. The summed E-state index contributed by atoms with van der Waals surface area (Å²) in [5.74, 6) is 0.578. The van der Waals surface area contributed by atoms with Gasteiger partial charge in [0.05, 0.1) is 7.11 Å². The van der Waals surface area contributed by atoms with Crippen LogP contribution in [0.2, 0.25) is 0 Å². The third-order valence-electron chi connectivity index (χ3n) is 4.26. The number of fused-ring (bicyclic) bond motifs is 1. The molecule has 0 fully saturated rings. The predicted molar refractivity (Wildman–Crippen MR) is 105 cm³/mol. The van der Waals surface area contributed by atoms with Gasteiger partial charge in [-0.05, 0) is 46.6 Å². The Bertz CT molecular complexity index is 1010. The molecule has 2 aromatic carbocycles. The lowest BCUT2D eigenvalue weighted by Gasteiger charge is -2.17. The number of rotatable bonds is 8. The van der Waals surface area contributed by atoms with E-state index in [-0.39, 0.29) is 25.0 Å². The Labute approximate surface area is 167 Å². The zero-order valence-corrected chi connectivity index (χ0v) is 16.5. The summed E-state index contributed by atoms with van der Waals surface area (Å²) in [5, 5.41) is 5.71. The molecule has 1 amide bonds. The number of methoxy groups -OCH3 is 1. The van der Waals surface area contributed by atoms with Crippen molar-refractivity contribution in [1.82, 2.24) is 10.1 Å². The van der Waals surface area contributed by atoms with Crippen molar-refractivity contribution in [2.24, 2.45) is 0 Å². The van der Waals surface area contributed by atoms with E-state index in [1.807, 2.05) is 36.4 Å². The van der Waals surface area contributed by atoms with Crippen molar-refractivity contribution < 1.29 is 28.3 Å². The van der Waals surface area contributed by atoms with Crippen molar-refractivity contribution in [3.05, 3.63) is 53.8 Å². The Hall–Kier alpha value is -3.55. The van der Waals surface area contributed by atoms with Gasteiger partial charge in [-0.15, -0.1) is 0 Å². The number of aryl methyl sites for hydroxylation is 1. The van der Waals surface area contributed by atoms with Crippen LogP contribution in [0.3, 0.4) is 0 Å². The highest BCUT2D eigenvalue weighted by Gasteiger charge is 2.14. The molecule has 0 atom stereocenters. The molecule has 0 spiro atoms. The number of esters is 1. The molecule has 152 valence electrons. The number of ether oxygens (including phenoxy) is 3. The average Bonchev–Trinajstić information content (AvgIpc) is 3.15. The van der Waals surface area contributed by atoms with Gasteiger partial charge in [-0.3, -0.25) is 4.79 Å². The number of carbonyl (C=O) groups excluding carboxylic acids is 2. The van der Waals surface area contributed by atoms with E-state index in [0.29, 0.717) is 12.3 Å². The molecule has 0 aliphatic heterocycles. The van der Waals surface area contributed by atoms with Gasteiger partial charge in [-0.1, -0.05) is 18.2 Å². The number of hydrogen-bond acceptors (Lipinski definition) is 7. The summed E-state index contributed by atoms with van der Waals surface area (Å²) in [6, 6.07) is 13.3. The normalized spacial score (nSPS) is 10.6. The SMILES string of the molecule is COc1ccc2cc(CN(C)C(=O)COC(=O)COc3cc(C)on3)ccc2c1. The maximum Gasteiger partial charge on any atom is 0.344 e. The molecule has 1 aromatic heterocycles. The van der Waals surface area contributed by atoms with Crippen molar-refractivity contribution in [2.45, 2.75) is 13.5 Å². The van der Waals surface area contributed by atoms with Crippen LogP contribution in [0.4, 0.5) is 0 Å². The van der Waals surface area contributed by atoms with Crippen molar-refractivity contribution in [1.29, 1.82) is 0 Å². The lowest BCUT2D eigenvalue weighted by molar-refractivity contribution is -0.153. The van der Waals surface area contributed by atoms with Crippen LogP contribution in [0.5, 0.6) is 11.6 Å². The lowest BCUT2D eigenvalue weighted by Crippen LogP contribution is -2.31. The topological polar surface area (TPSA) is 91.1 Å². The third-order valence-corrected chi connectivity index (χ3v) is 4.26. The van der Waals surface area contributed by atoms with Gasteiger partial charge >= 0.3 is 5.97 Å². The molecule has 0 radical (unpaired) electrons. The van der Waals surface area contributed by atoms with E-state index >= 15 is 0 Å². The van der Waals surface area contributed by atoms with Gasteiger partial charge in [0, 0.05) is 19.7 Å². The minimum absolute atomic E-state index is 0.191. The van der Waals surface area contributed by atoms with Crippen LogP contribution < -0.4 is 9.47 Å². The number of nitrogens with zero attached hydrogens (tertiary/aromatic N) is 2. The fourth-order valence-corrected chi connectivity index (χ4v) is 2.70. The summed E-state index contributed by atoms with van der Waals surface area (Å²) in [7, 11) is 3.29. The average molecular weight is 398 g/mol. The monoisotopic (exact) mass is 398 g/mol. The van der Waals surface area contributed by atoms with E-state index in [1.165, 1.54) is 4.90 Å². The Kier molecular flexibility index (Phi) is 6.33. The molecular formula is C21H22N2O6. The molecule has 8 nitrogen and oxygen atoms in total. The van der Waals surface area contributed by atoms with Crippen molar-refractivity contribution in [3.8, 4) is 11.6 Å². The highest BCUT2D eigenvalue weighted by atomic mass is 16.6. The first-order valence-electron chi connectivity index (χ1n) is 8.97. The van der Waals surface area contributed by atoms with E-state index in [4.69, 9.17) is 18.7 Å². The van der Waals surface area contributed by atoms with E-state index in [9.17, 15) is 9.59 Å². The first-order valence-corrected chi connectivity index (χ1v) is 8.97. The minimum Gasteiger partial charge on any atom is -0.497 e. The van der Waals surface area contributed by atoms with Gasteiger partial charge in [-0.2, -0.15) is 0 Å². The van der Waals surface area contributed by atoms with Gasteiger partial charge in [0.15, 0.2) is 13.2 Å². The second-order valence-corrected chi connectivity index (χ2v) is 6.52. The fourth-order valence-electron chi connectivity index (χ4n) is 2.70. The van der Waals surface area contributed by atoms with Gasteiger partial charge in [0.2, 0.25) is 0 Å². The Morgan fingerprint density at radius 3 is 2.55 bits per heavy atom. The molecular weight excluding hydrogens is 376 g/mol. The van der Waals surface area contributed by atoms with E-state index in [0.717, 1.165) is 22.1 Å². The van der Waals surface area contributed by atoms with Gasteiger partial charge in [-0.25, -0.2) is 4.79 Å². The standard InChI is InChI=1S/C21H22N2O6/c1-14-8-19(22-29-14)27-13-21(25)28-12-20(24)23(2)11-15-4-5-17-10-18(26-3)7-6-16(17)9-15/h4-10H,11-13H2,1-3H3. The largest absolute Gasteiger partial charge is 0.497 e. The summed E-state index contributed by atoms with van der Waals surface area (Å²) in [6.07, 6.45) is 0. The molecule has 29 heavy (non-hydrogen) atoms. The first-order chi connectivity index (χ1) is 13.9. The molecule has 3 rings (SSSR count). The number of benzene rings is 2. The molecule has 0 bridgehead atoms.